The molecule has 0 radical (unpaired) electrons. The second-order valence-corrected chi connectivity index (χ2v) is 6.94. The first-order chi connectivity index (χ1) is 13.6. The van der Waals surface area contributed by atoms with E-state index >= 15 is 0 Å². The monoisotopic (exact) mass is 382 g/mol. The molecule has 2 aromatic heterocycles. The van der Waals surface area contributed by atoms with E-state index in [-0.39, 0.29) is 11.1 Å². The average molecular weight is 382 g/mol. The SMILES string of the molecule is CCCCn1c(=O)c(CCc2ccccc2)nc2c1c(=O)[nH]c(=O)n2CCC. The van der Waals surface area contributed by atoms with Crippen LogP contribution in [0.4, 0.5) is 0 Å². The second kappa shape index (κ2) is 8.82. The van der Waals surface area contributed by atoms with E-state index in [0.29, 0.717) is 37.3 Å². The molecule has 7 heteroatoms. The molecule has 3 rings (SSSR count). The van der Waals surface area contributed by atoms with Crippen molar-refractivity contribution in [2.75, 3.05) is 0 Å². The van der Waals surface area contributed by atoms with Gasteiger partial charge in [-0.1, -0.05) is 50.6 Å². The molecule has 0 unspecified atom stereocenters. The maximum atomic E-state index is 13.1. The van der Waals surface area contributed by atoms with Crippen LogP contribution in [0.1, 0.15) is 44.4 Å². The molecule has 0 aliphatic rings. The lowest BCUT2D eigenvalue weighted by Crippen LogP contribution is -2.37. The van der Waals surface area contributed by atoms with Crippen LogP contribution in [0, 0.1) is 0 Å². The number of nitrogens with one attached hydrogen (secondary N) is 1. The fraction of sp³-hybridized carbons (Fsp3) is 0.429. The van der Waals surface area contributed by atoms with E-state index in [0.717, 1.165) is 24.8 Å². The summed E-state index contributed by atoms with van der Waals surface area (Å²) in [6.07, 6.45) is 3.50. The van der Waals surface area contributed by atoms with Gasteiger partial charge >= 0.3 is 5.69 Å². The van der Waals surface area contributed by atoms with Gasteiger partial charge in [0.25, 0.3) is 11.1 Å². The first-order valence-corrected chi connectivity index (χ1v) is 9.87. The highest BCUT2D eigenvalue weighted by atomic mass is 16.2. The summed E-state index contributed by atoms with van der Waals surface area (Å²) in [6, 6.07) is 9.89. The minimum atomic E-state index is -0.553. The van der Waals surface area contributed by atoms with Gasteiger partial charge in [0.15, 0.2) is 11.2 Å². The Balaban J connectivity index is 2.19. The topological polar surface area (TPSA) is 89.8 Å². The average Bonchev–Trinajstić information content (AvgIpc) is 2.69. The van der Waals surface area contributed by atoms with E-state index in [9.17, 15) is 14.4 Å². The van der Waals surface area contributed by atoms with Crippen LogP contribution in [-0.4, -0.2) is 19.1 Å². The number of nitrogens with zero attached hydrogens (tertiary/aromatic N) is 3. The summed E-state index contributed by atoms with van der Waals surface area (Å²) in [4.78, 5) is 44.8. The predicted octanol–water partition coefficient (Wildman–Crippen LogP) is 2.24. The Morgan fingerprint density at radius 3 is 2.36 bits per heavy atom. The molecule has 7 nitrogen and oxygen atoms in total. The van der Waals surface area contributed by atoms with Crippen molar-refractivity contribution in [2.24, 2.45) is 0 Å². The number of aromatic amines is 1. The molecule has 0 aliphatic carbocycles. The summed E-state index contributed by atoms with van der Waals surface area (Å²) in [7, 11) is 0. The zero-order chi connectivity index (χ0) is 20.1. The van der Waals surface area contributed by atoms with E-state index in [2.05, 4.69) is 9.97 Å². The van der Waals surface area contributed by atoms with E-state index < -0.39 is 11.2 Å². The van der Waals surface area contributed by atoms with Gasteiger partial charge in [0.1, 0.15) is 5.69 Å². The molecule has 0 amide bonds. The van der Waals surface area contributed by atoms with Crippen molar-refractivity contribution in [1.29, 1.82) is 0 Å². The number of aromatic nitrogens is 4. The third kappa shape index (κ3) is 3.98. The van der Waals surface area contributed by atoms with Crippen LogP contribution in [-0.2, 0) is 25.9 Å². The zero-order valence-electron chi connectivity index (χ0n) is 16.4. The summed E-state index contributed by atoms with van der Waals surface area (Å²) in [6.45, 7) is 4.85. The summed E-state index contributed by atoms with van der Waals surface area (Å²) in [5.41, 5.74) is 0.709. The Labute approximate surface area is 162 Å². The number of aryl methyl sites for hydroxylation is 4. The minimum absolute atomic E-state index is 0.190. The fourth-order valence-electron chi connectivity index (χ4n) is 3.37. The number of hydrogen-bond donors (Lipinski definition) is 1. The highest BCUT2D eigenvalue weighted by Crippen LogP contribution is 2.09. The molecule has 0 bridgehead atoms. The van der Waals surface area contributed by atoms with Gasteiger partial charge in [-0.05, 0) is 31.2 Å². The molecule has 1 aromatic carbocycles. The van der Waals surface area contributed by atoms with E-state index in [1.807, 2.05) is 44.2 Å². The predicted molar refractivity (Wildman–Crippen MR) is 110 cm³/mol. The summed E-state index contributed by atoms with van der Waals surface area (Å²) in [5, 5.41) is 0. The zero-order valence-corrected chi connectivity index (χ0v) is 16.4. The highest BCUT2D eigenvalue weighted by Gasteiger charge is 2.17. The Kier molecular flexibility index (Phi) is 6.23. The van der Waals surface area contributed by atoms with Crippen LogP contribution < -0.4 is 16.8 Å². The van der Waals surface area contributed by atoms with Gasteiger partial charge in [0, 0.05) is 13.1 Å². The number of hydrogen-bond acceptors (Lipinski definition) is 4. The molecule has 0 atom stereocenters. The van der Waals surface area contributed by atoms with Crippen LogP contribution in [0.5, 0.6) is 0 Å². The van der Waals surface area contributed by atoms with Crippen LogP contribution in [0.3, 0.4) is 0 Å². The number of fused-ring (bicyclic) bond motifs is 1. The molecule has 0 fully saturated rings. The number of benzene rings is 1. The van der Waals surface area contributed by atoms with Gasteiger partial charge in [0.2, 0.25) is 0 Å². The smallest absolute Gasteiger partial charge is 0.299 e. The Morgan fingerprint density at radius 1 is 0.929 bits per heavy atom. The second-order valence-electron chi connectivity index (χ2n) is 6.94. The Morgan fingerprint density at radius 2 is 1.68 bits per heavy atom. The fourth-order valence-corrected chi connectivity index (χ4v) is 3.37. The molecule has 0 saturated carbocycles. The number of unbranched alkanes of at least 4 members (excludes halogenated alkanes) is 1. The molecule has 3 aromatic rings. The number of H-pyrrole nitrogens is 1. The van der Waals surface area contributed by atoms with Gasteiger partial charge < -0.3 is 0 Å². The Bertz CT molecular complexity index is 1130. The van der Waals surface area contributed by atoms with Crippen LogP contribution in [0.2, 0.25) is 0 Å². The summed E-state index contributed by atoms with van der Waals surface area (Å²) < 4.78 is 2.96. The van der Waals surface area contributed by atoms with Crippen molar-refractivity contribution < 1.29 is 0 Å². The van der Waals surface area contributed by atoms with Gasteiger partial charge in [-0.2, -0.15) is 0 Å². The van der Waals surface area contributed by atoms with Crippen LogP contribution >= 0.6 is 0 Å². The molecule has 148 valence electrons. The molecule has 2 heterocycles. The van der Waals surface area contributed by atoms with Crippen molar-refractivity contribution >= 4 is 11.2 Å². The largest absolute Gasteiger partial charge is 0.330 e. The minimum Gasteiger partial charge on any atom is -0.299 e. The lowest BCUT2D eigenvalue weighted by molar-refractivity contribution is 0.602. The summed E-state index contributed by atoms with van der Waals surface area (Å²) in [5.74, 6) is 0. The molecule has 0 saturated heterocycles. The van der Waals surface area contributed by atoms with E-state index in [1.54, 1.807) is 0 Å². The maximum Gasteiger partial charge on any atom is 0.330 e. The van der Waals surface area contributed by atoms with E-state index in [4.69, 9.17) is 0 Å². The third-order valence-corrected chi connectivity index (χ3v) is 4.83. The Hall–Kier alpha value is -2.96. The van der Waals surface area contributed by atoms with Crippen LogP contribution in [0.25, 0.3) is 11.2 Å². The first-order valence-electron chi connectivity index (χ1n) is 9.87. The lowest BCUT2D eigenvalue weighted by atomic mass is 10.1. The molecule has 1 N–H and O–H groups in total. The van der Waals surface area contributed by atoms with Gasteiger partial charge in [-0.15, -0.1) is 0 Å². The first kappa shape index (κ1) is 19.8. The summed E-state index contributed by atoms with van der Waals surface area (Å²) >= 11 is 0. The van der Waals surface area contributed by atoms with Crippen molar-refractivity contribution in [3.63, 3.8) is 0 Å². The third-order valence-electron chi connectivity index (χ3n) is 4.83. The van der Waals surface area contributed by atoms with Gasteiger partial charge in [0.05, 0.1) is 0 Å². The van der Waals surface area contributed by atoms with E-state index in [1.165, 1.54) is 9.13 Å². The quantitative estimate of drug-likeness (QED) is 0.647. The molecule has 28 heavy (non-hydrogen) atoms. The molecule has 0 spiro atoms. The van der Waals surface area contributed by atoms with Gasteiger partial charge in [-0.3, -0.25) is 23.7 Å². The maximum absolute atomic E-state index is 13.1. The van der Waals surface area contributed by atoms with Crippen molar-refractivity contribution in [2.45, 2.75) is 59.0 Å². The molecule has 0 aliphatic heterocycles. The number of rotatable bonds is 8. The van der Waals surface area contributed by atoms with Crippen molar-refractivity contribution in [1.82, 2.24) is 19.1 Å². The van der Waals surface area contributed by atoms with Gasteiger partial charge in [-0.25, -0.2) is 9.78 Å². The van der Waals surface area contributed by atoms with Crippen LogP contribution in [0.15, 0.2) is 44.7 Å². The van der Waals surface area contributed by atoms with Crippen molar-refractivity contribution in [3.05, 3.63) is 72.8 Å². The lowest BCUT2D eigenvalue weighted by Gasteiger charge is -2.14. The molecular weight excluding hydrogens is 356 g/mol. The molecular formula is C21H26N4O3. The normalized spacial score (nSPS) is 11.2. The van der Waals surface area contributed by atoms with Crippen molar-refractivity contribution in [3.8, 4) is 0 Å². The highest BCUT2D eigenvalue weighted by molar-refractivity contribution is 5.69. The standard InChI is InChI=1S/C21H26N4O3/c1-3-5-14-24-17-18(25(13-4-2)21(28)23-19(17)26)22-16(20(24)27)12-11-15-9-7-6-8-10-15/h6-10H,3-5,11-14H2,1-2H3,(H,23,26,28).